The Morgan fingerprint density at radius 3 is 2.27 bits per heavy atom. The van der Waals surface area contributed by atoms with E-state index in [1.807, 2.05) is 13.0 Å². The van der Waals surface area contributed by atoms with Crippen molar-refractivity contribution in [3.63, 3.8) is 0 Å². The van der Waals surface area contributed by atoms with Gasteiger partial charge in [-0.25, -0.2) is 8.42 Å². The Bertz CT molecular complexity index is 1450. The maximum absolute atomic E-state index is 14.2. The molecule has 41 heavy (non-hydrogen) atoms. The fourth-order valence-electron chi connectivity index (χ4n) is 5.15. The third-order valence-electron chi connectivity index (χ3n) is 7.34. The molecule has 0 spiro atoms. The predicted molar refractivity (Wildman–Crippen MR) is 164 cm³/mol. The Balaban J connectivity index is 1.71. The number of hydrogen-bond donors (Lipinski definition) is 1. The lowest BCUT2D eigenvalue weighted by molar-refractivity contribution is -0.140. The second kappa shape index (κ2) is 14.2. The topological polar surface area (TPSA) is 86.8 Å². The van der Waals surface area contributed by atoms with Crippen LogP contribution in [0.5, 0.6) is 0 Å². The first-order valence-corrected chi connectivity index (χ1v) is 16.1. The van der Waals surface area contributed by atoms with Gasteiger partial charge in [0, 0.05) is 22.6 Å². The summed E-state index contributed by atoms with van der Waals surface area (Å²) in [4.78, 5) is 29.2. The summed E-state index contributed by atoms with van der Waals surface area (Å²) >= 11 is 12.7. The van der Waals surface area contributed by atoms with Crippen LogP contribution in [0.4, 0.5) is 5.69 Å². The number of rotatable bonds is 11. The van der Waals surface area contributed by atoms with Crippen LogP contribution in [0.3, 0.4) is 0 Å². The molecule has 0 saturated heterocycles. The number of nitrogens with one attached hydrogen (secondary N) is 1. The van der Waals surface area contributed by atoms with E-state index in [9.17, 15) is 18.0 Å². The number of sulfonamides is 1. The highest BCUT2D eigenvalue weighted by atomic mass is 35.5. The molecule has 0 aromatic heterocycles. The van der Waals surface area contributed by atoms with Crippen molar-refractivity contribution in [3.8, 4) is 0 Å². The van der Waals surface area contributed by atoms with Crippen molar-refractivity contribution in [1.82, 2.24) is 10.2 Å². The van der Waals surface area contributed by atoms with Crippen molar-refractivity contribution in [2.24, 2.45) is 0 Å². The molecular formula is C31H35Cl2N3O4S. The van der Waals surface area contributed by atoms with E-state index >= 15 is 0 Å². The summed E-state index contributed by atoms with van der Waals surface area (Å²) in [6.45, 7) is 1.35. The molecule has 2 amide bonds. The monoisotopic (exact) mass is 615 g/mol. The van der Waals surface area contributed by atoms with Gasteiger partial charge < -0.3 is 10.2 Å². The number of anilines is 1. The average Bonchev–Trinajstić information content (AvgIpc) is 2.97. The van der Waals surface area contributed by atoms with Crippen LogP contribution in [0.2, 0.25) is 10.0 Å². The molecule has 1 saturated carbocycles. The lowest BCUT2D eigenvalue weighted by atomic mass is 9.95. The molecule has 1 N–H and O–H groups in total. The minimum absolute atomic E-state index is 0.0347. The van der Waals surface area contributed by atoms with Gasteiger partial charge in [-0.1, -0.05) is 91.9 Å². The molecule has 0 unspecified atom stereocenters. The smallest absolute Gasteiger partial charge is 0.264 e. The zero-order valence-electron chi connectivity index (χ0n) is 23.0. The van der Waals surface area contributed by atoms with Crippen molar-refractivity contribution in [3.05, 3.63) is 94.5 Å². The van der Waals surface area contributed by atoms with Crippen LogP contribution in [0.1, 0.15) is 51.0 Å². The predicted octanol–water partition coefficient (Wildman–Crippen LogP) is 6.45. The van der Waals surface area contributed by atoms with Gasteiger partial charge >= 0.3 is 0 Å². The molecule has 3 aromatic carbocycles. The Kier molecular flexibility index (Phi) is 10.7. The van der Waals surface area contributed by atoms with Gasteiger partial charge in [-0.05, 0) is 61.2 Å². The van der Waals surface area contributed by atoms with Gasteiger partial charge in [0.25, 0.3) is 10.0 Å². The normalized spacial score (nSPS) is 14.7. The van der Waals surface area contributed by atoms with E-state index in [4.69, 9.17) is 23.2 Å². The summed E-state index contributed by atoms with van der Waals surface area (Å²) in [5, 5.41) is 3.92. The number of benzene rings is 3. The van der Waals surface area contributed by atoms with E-state index in [0.29, 0.717) is 22.0 Å². The van der Waals surface area contributed by atoms with Gasteiger partial charge in [0.15, 0.2) is 0 Å². The molecule has 3 aromatic rings. The van der Waals surface area contributed by atoms with Crippen LogP contribution in [0.25, 0.3) is 0 Å². The van der Waals surface area contributed by atoms with Crippen LogP contribution in [0.15, 0.2) is 83.8 Å². The minimum atomic E-state index is -4.16. The molecule has 10 heteroatoms. The summed E-state index contributed by atoms with van der Waals surface area (Å²) < 4.78 is 28.8. The Morgan fingerprint density at radius 2 is 1.61 bits per heavy atom. The number of carbonyl (C=O) groups is 2. The first kappa shape index (κ1) is 30.9. The highest BCUT2D eigenvalue weighted by Gasteiger charge is 2.34. The number of nitrogens with zero attached hydrogens (tertiary/aromatic N) is 2. The third kappa shape index (κ3) is 7.82. The van der Waals surface area contributed by atoms with E-state index in [2.05, 4.69) is 5.32 Å². The van der Waals surface area contributed by atoms with Gasteiger partial charge in [0.1, 0.15) is 12.6 Å². The van der Waals surface area contributed by atoms with Crippen LogP contribution in [-0.2, 0) is 26.2 Å². The Labute approximate surface area is 252 Å². The van der Waals surface area contributed by atoms with Crippen LogP contribution in [-0.4, -0.2) is 43.8 Å². The lowest BCUT2D eigenvalue weighted by Crippen LogP contribution is -2.54. The molecule has 1 aliphatic rings. The highest BCUT2D eigenvalue weighted by Crippen LogP contribution is 2.28. The van der Waals surface area contributed by atoms with Gasteiger partial charge in [0.05, 0.1) is 10.6 Å². The van der Waals surface area contributed by atoms with Gasteiger partial charge in [-0.15, -0.1) is 0 Å². The number of hydrogen-bond acceptors (Lipinski definition) is 4. The molecule has 218 valence electrons. The van der Waals surface area contributed by atoms with Crippen molar-refractivity contribution in [2.45, 2.75) is 69.0 Å². The first-order chi connectivity index (χ1) is 19.7. The summed E-state index contributed by atoms with van der Waals surface area (Å²) in [7, 11) is -4.16. The fraction of sp³-hybridized carbons (Fsp3) is 0.355. The van der Waals surface area contributed by atoms with Crippen molar-refractivity contribution < 1.29 is 18.0 Å². The standard InChI is InChI=1S/C31H35Cl2N3O4S/c1-2-29(31(38)34-25-14-5-3-6-15-25)35(21-23-12-9-10-19-28(23)33)30(37)22-36(26-16-11-13-24(32)20-26)41(39,40)27-17-7-4-8-18-27/h4,7-13,16-20,25,29H,2-3,5-6,14-15,21-22H2,1H3,(H,34,38)/t29-/m0/s1. The minimum Gasteiger partial charge on any atom is -0.352 e. The molecular weight excluding hydrogens is 581 g/mol. The molecule has 1 aliphatic carbocycles. The van der Waals surface area contributed by atoms with Gasteiger partial charge in [-0.2, -0.15) is 0 Å². The van der Waals surface area contributed by atoms with E-state index in [0.717, 1.165) is 36.4 Å². The highest BCUT2D eigenvalue weighted by molar-refractivity contribution is 7.92. The largest absolute Gasteiger partial charge is 0.352 e. The van der Waals surface area contributed by atoms with Crippen LogP contribution in [0, 0.1) is 0 Å². The van der Waals surface area contributed by atoms with Crippen molar-refractivity contribution in [2.75, 3.05) is 10.8 Å². The molecule has 0 radical (unpaired) electrons. The molecule has 0 bridgehead atoms. The first-order valence-electron chi connectivity index (χ1n) is 13.9. The van der Waals surface area contributed by atoms with Gasteiger partial charge in [-0.3, -0.25) is 13.9 Å². The van der Waals surface area contributed by atoms with Crippen LogP contribution >= 0.6 is 23.2 Å². The maximum atomic E-state index is 14.2. The quantitative estimate of drug-likeness (QED) is 0.269. The van der Waals surface area contributed by atoms with E-state index < -0.39 is 28.5 Å². The molecule has 1 fully saturated rings. The Morgan fingerprint density at radius 1 is 0.927 bits per heavy atom. The zero-order valence-corrected chi connectivity index (χ0v) is 25.3. The molecule has 4 rings (SSSR count). The number of carbonyl (C=O) groups excluding carboxylic acids is 2. The molecule has 1 atom stereocenters. The van der Waals surface area contributed by atoms with E-state index in [1.165, 1.54) is 23.1 Å². The fourth-order valence-corrected chi connectivity index (χ4v) is 6.96. The molecule has 7 nitrogen and oxygen atoms in total. The van der Waals surface area contributed by atoms with E-state index in [-0.39, 0.29) is 29.1 Å². The second-order valence-electron chi connectivity index (χ2n) is 10.2. The maximum Gasteiger partial charge on any atom is 0.264 e. The second-order valence-corrected chi connectivity index (χ2v) is 12.9. The van der Waals surface area contributed by atoms with Gasteiger partial charge in [0.2, 0.25) is 11.8 Å². The lowest BCUT2D eigenvalue weighted by Gasteiger charge is -2.34. The van der Waals surface area contributed by atoms with Crippen LogP contribution < -0.4 is 9.62 Å². The van der Waals surface area contributed by atoms with Crippen molar-refractivity contribution >= 4 is 50.7 Å². The Hall–Kier alpha value is -3.07. The van der Waals surface area contributed by atoms with E-state index in [1.54, 1.807) is 54.6 Å². The number of amides is 2. The SMILES string of the molecule is CC[C@@H](C(=O)NC1CCCCC1)N(Cc1ccccc1Cl)C(=O)CN(c1cccc(Cl)c1)S(=O)(=O)c1ccccc1. The number of halogens is 2. The zero-order chi connectivity index (χ0) is 29.4. The molecule has 0 aliphatic heterocycles. The summed E-state index contributed by atoms with van der Waals surface area (Å²) in [6, 6.07) is 20.6. The van der Waals surface area contributed by atoms with Crippen molar-refractivity contribution in [1.29, 1.82) is 0 Å². The third-order valence-corrected chi connectivity index (χ3v) is 9.73. The summed E-state index contributed by atoms with van der Waals surface area (Å²) in [6.07, 6.45) is 5.40. The average molecular weight is 617 g/mol. The molecule has 0 heterocycles. The summed E-state index contributed by atoms with van der Waals surface area (Å²) in [5.41, 5.74) is 0.902. The summed E-state index contributed by atoms with van der Waals surface area (Å²) in [5.74, 6) is -0.782.